The number of carbonyl (C=O) groups excluding carboxylic acids is 1. The van der Waals surface area contributed by atoms with Gasteiger partial charge in [-0.05, 0) is 40.2 Å². The van der Waals surface area contributed by atoms with E-state index in [1.54, 1.807) is 19.2 Å². The number of benzene rings is 2. The number of nitrogens with one attached hydrogen (secondary N) is 1. The third kappa shape index (κ3) is 3.22. The van der Waals surface area contributed by atoms with E-state index in [0.717, 1.165) is 10.2 Å². The lowest BCUT2D eigenvalue weighted by Crippen LogP contribution is -2.12. The summed E-state index contributed by atoms with van der Waals surface area (Å²) in [6, 6.07) is 9.41. The molecule has 2 aromatic carbocycles. The number of nitro benzene ring substituents is 1. The van der Waals surface area contributed by atoms with Gasteiger partial charge in [0.2, 0.25) is 0 Å². The highest BCUT2D eigenvalue weighted by Gasteiger charge is 2.17. The van der Waals surface area contributed by atoms with Gasteiger partial charge in [0.1, 0.15) is 5.75 Å². The van der Waals surface area contributed by atoms with E-state index in [1.165, 1.54) is 29.5 Å². The number of anilines is 1. The highest BCUT2D eigenvalue weighted by atomic mass is 79.9. The Labute approximate surface area is 148 Å². The van der Waals surface area contributed by atoms with Crippen molar-refractivity contribution in [2.75, 3.05) is 12.4 Å². The number of nitrogens with zero attached hydrogens (tertiary/aromatic N) is 2. The van der Waals surface area contributed by atoms with Gasteiger partial charge in [0, 0.05) is 16.6 Å². The molecule has 0 aliphatic carbocycles. The lowest BCUT2D eigenvalue weighted by molar-refractivity contribution is -0.384. The summed E-state index contributed by atoms with van der Waals surface area (Å²) < 4.78 is 6.48. The molecule has 7 nitrogen and oxygen atoms in total. The lowest BCUT2D eigenvalue weighted by atomic mass is 10.2. The zero-order valence-electron chi connectivity index (χ0n) is 12.3. The smallest absolute Gasteiger partial charge is 0.270 e. The van der Waals surface area contributed by atoms with Crippen LogP contribution in [0.2, 0.25) is 0 Å². The molecule has 0 atom stereocenters. The van der Waals surface area contributed by atoms with Gasteiger partial charge in [-0.1, -0.05) is 11.3 Å². The van der Waals surface area contributed by atoms with E-state index in [9.17, 15) is 14.9 Å². The first kappa shape index (κ1) is 16.3. The predicted molar refractivity (Wildman–Crippen MR) is 94.9 cm³/mol. The number of methoxy groups -OCH3 is 1. The van der Waals surface area contributed by atoms with E-state index < -0.39 is 10.8 Å². The average molecular weight is 408 g/mol. The second kappa shape index (κ2) is 6.54. The van der Waals surface area contributed by atoms with Crippen molar-refractivity contribution in [3.8, 4) is 5.75 Å². The summed E-state index contributed by atoms with van der Waals surface area (Å²) in [5.41, 5.74) is 0.743. The molecule has 0 aliphatic heterocycles. The molecular formula is C15H10BrN3O4S. The third-order valence-corrected chi connectivity index (χ3v) is 4.85. The molecule has 0 bridgehead atoms. The van der Waals surface area contributed by atoms with Gasteiger partial charge in [0.25, 0.3) is 11.6 Å². The molecule has 3 rings (SSSR count). The molecule has 122 valence electrons. The van der Waals surface area contributed by atoms with E-state index in [-0.39, 0.29) is 11.3 Å². The second-order valence-corrected chi connectivity index (χ2v) is 6.61. The van der Waals surface area contributed by atoms with Gasteiger partial charge < -0.3 is 4.74 Å². The quantitative estimate of drug-likeness (QED) is 0.515. The van der Waals surface area contributed by atoms with Crippen molar-refractivity contribution < 1.29 is 14.5 Å². The Morgan fingerprint density at radius 2 is 2.12 bits per heavy atom. The SMILES string of the molecule is COc1ccc2nc(NC(=O)c3cc([N+](=O)[O-])ccc3Br)sc2c1. The first-order valence-electron chi connectivity index (χ1n) is 6.68. The fraction of sp³-hybridized carbons (Fsp3) is 0.0667. The van der Waals surface area contributed by atoms with Gasteiger partial charge in [0.15, 0.2) is 5.13 Å². The summed E-state index contributed by atoms with van der Waals surface area (Å²) in [7, 11) is 1.57. The van der Waals surface area contributed by atoms with Crippen molar-refractivity contribution in [2.45, 2.75) is 0 Å². The second-order valence-electron chi connectivity index (χ2n) is 4.73. The average Bonchev–Trinajstić information content (AvgIpc) is 2.95. The number of hydrogen-bond acceptors (Lipinski definition) is 6. The number of fused-ring (bicyclic) bond motifs is 1. The molecule has 1 amide bonds. The number of carbonyl (C=O) groups is 1. The molecule has 0 fully saturated rings. The Hall–Kier alpha value is -2.52. The number of nitro groups is 1. The third-order valence-electron chi connectivity index (χ3n) is 3.22. The maximum atomic E-state index is 12.4. The van der Waals surface area contributed by atoms with Crippen molar-refractivity contribution in [3.05, 3.63) is 56.5 Å². The highest BCUT2D eigenvalue weighted by Crippen LogP contribution is 2.30. The van der Waals surface area contributed by atoms with Crippen LogP contribution in [0.3, 0.4) is 0 Å². The highest BCUT2D eigenvalue weighted by molar-refractivity contribution is 9.10. The Bertz CT molecular complexity index is 957. The summed E-state index contributed by atoms with van der Waals surface area (Å²) >= 11 is 4.52. The summed E-state index contributed by atoms with van der Waals surface area (Å²) in [5.74, 6) is 0.224. The van der Waals surface area contributed by atoms with Crippen LogP contribution in [0, 0.1) is 10.1 Å². The van der Waals surface area contributed by atoms with Crippen molar-refractivity contribution in [3.63, 3.8) is 0 Å². The van der Waals surface area contributed by atoms with Gasteiger partial charge in [-0.15, -0.1) is 0 Å². The standard InChI is InChI=1S/C15H10BrN3O4S/c1-23-9-3-5-12-13(7-9)24-15(17-12)18-14(20)10-6-8(19(21)22)2-4-11(10)16/h2-7H,1H3,(H,17,18,20). The minimum absolute atomic E-state index is 0.155. The topological polar surface area (TPSA) is 94.4 Å². The first-order valence-corrected chi connectivity index (χ1v) is 8.29. The van der Waals surface area contributed by atoms with Gasteiger partial charge in [-0.25, -0.2) is 4.98 Å². The maximum Gasteiger partial charge on any atom is 0.270 e. The number of rotatable bonds is 4. The molecular weight excluding hydrogens is 398 g/mol. The molecule has 0 radical (unpaired) electrons. The van der Waals surface area contributed by atoms with Gasteiger partial charge in [-0.2, -0.15) is 0 Å². The molecule has 3 aromatic rings. The van der Waals surface area contributed by atoms with E-state index in [1.807, 2.05) is 6.07 Å². The molecule has 24 heavy (non-hydrogen) atoms. The number of thiazole rings is 1. The van der Waals surface area contributed by atoms with E-state index in [2.05, 4.69) is 26.2 Å². The van der Waals surface area contributed by atoms with E-state index in [4.69, 9.17) is 4.74 Å². The summed E-state index contributed by atoms with van der Waals surface area (Å²) in [5, 5.41) is 13.9. The fourth-order valence-corrected chi connectivity index (χ4v) is 3.37. The molecule has 0 aliphatic rings. The summed E-state index contributed by atoms with van der Waals surface area (Å²) in [6.07, 6.45) is 0. The maximum absolute atomic E-state index is 12.4. The lowest BCUT2D eigenvalue weighted by Gasteiger charge is -2.04. The van der Waals surface area contributed by atoms with Crippen LogP contribution < -0.4 is 10.1 Å². The van der Waals surface area contributed by atoms with E-state index in [0.29, 0.717) is 15.4 Å². The van der Waals surface area contributed by atoms with Crippen LogP contribution in [0.4, 0.5) is 10.8 Å². The molecule has 0 unspecified atom stereocenters. The van der Waals surface area contributed by atoms with Crippen molar-refractivity contribution in [2.24, 2.45) is 0 Å². The van der Waals surface area contributed by atoms with Crippen LogP contribution in [0.25, 0.3) is 10.2 Å². The van der Waals surface area contributed by atoms with Crippen LogP contribution in [-0.4, -0.2) is 22.9 Å². The molecule has 9 heteroatoms. The molecule has 1 aromatic heterocycles. The zero-order chi connectivity index (χ0) is 17.3. The summed E-state index contributed by atoms with van der Waals surface area (Å²) in [4.78, 5) is 27.0. The molecule has 0 spiro atoms. The minimum atomic E-state index is -0.548. The Morgan fingerprint density at radius 1 is 1.33 bits per heavy atom. The largest absolute Gasteiger partial charge is 0.497 e. The summed E-state index contributed by atoms with van der Waals surface area (Å²) in [6.45, 7) is 0. The number of aromatic nitrogens is 1. The number of hydrogen-bond donors (Lipinski definition) is 1. The Morgan fingerprint density at radius 3 is 2.83 bits per heavy atom. The van der Waals surface area contributed by atoms with Crippen LogP contribution in [-0.2, 0) is 0 Å². The van der Waals surface area contributed by atoms with Crippen LogP contribution in [0.5, 0.6) is 5.75 Å². The number of amides is 1. The van der Waals surface area contributed by atoms with Crippen LogP contribution in [0.1, 0.15) is 10.4 Å². The van der Waals surface area contributed by atoms with Gasteiger partial charge >= 0.3 is 0 Å². The normalized spacial score (nSPS) is 10.6. The van der Waals surface area contributed by atoms with Gasteiger partial charge in [-0.3, -0.25) is 20.2 Å². The number of halogens is 1. The first-order chi connectivity index (χ1) is 11.5. The Balaban J connectivity index is 1.89. The molecule has 1 heterocycles. The van der Waals surface area contributed by atoms with Crippen molar-refractivity contribution in [1.29, 1.82) is 0 Å². The molecule has 0 saturated carbocycles. The number of ether oxygens (including phenoxy) is 1. The molecule has 1 N–H and O–H groups in total. The minimum Gasteiger partial charge on any atom is -0.497 e. The predicted octanol–water partition coefficient (Wildman–Crippen LogP) is 4.23. The monoisotopic (exact) mass is 407 g/mol. The van der Waals surface area contributed by atoms with Gasteiger partial charge in [0.05, 0.1) is 27.8 Å². The van der Waals surface area contributed by atoms with Crippen molar-refractivity contribution in [1.82, 2.24) is 4.98 Å². The van der Waals surface area contributed by atoms with Crippen molar-refractivity contribution >= 4 is 54.2 Å². The molecule has 0 saturated heterocycles. The zero-order valence-corrected chi connectivity index (χ0v) is 14.7. The van der Waals surface area contributed by atoms with Crippen LogP contribution >= 0.6 is 27.3 Å². The number of non-ortho nitro benzene ring substituents is 1. The van der Waals surface area contributed by atoms with E-state index >= 15 is 0 Å². The Kier molecular flexibility index (Phi) is 4.45. The fourth-order valence-electron chi connectivity index (χ4n) is 2.05. The van der Waals surface area contributed by atoms with Crippen LogP contribution in [0.15, 0.2) is 40.9 Å².